The molecule has 0 radical (unpaired) electrons. The molecule has 0 bridgehead atoms. The lowest BCUT2D eigenvalue weighted by atomic mass is 9.70. The third-order valence-electron chi connectivity index (χ3n) is 16.1. The topological polar surface area (TPSA) is 42.8 Å². The summed E-state index contributed by atoms with van der Waals surface area (Å²) >= 11 is 0. The number of para-hydroxylation sites is 4. The van der Waals surface area contributed by atoms with Gasteiger partial charge in [-0.25, -0.2) is 9.98 Å². The van der Waals surface area contributed by atoms with Crippen molar-refractivity contribution in [2.24, 2.45) is 9.98 Å². The van der Waals surface area contributed by atoms with Crippen molar-refractivity contribution < 1.29 is 4.42 Å². The fourth-order valence-electron chi connectivity index (χ4n) is 13.1. The van der Waals surface area contributed by atoms with Gasteiger partial charge in [0.1, 0.15) is 11.2 Å². The molecule has 11 aromatic rings. The molecule has 1 atom stereocenters. The van der Waals surface area contributed by atoms with E-state index in [1.807, 2.05) is 6.07 Å². The number of rotatable bonds is 3. The van der Waals surface area contributed by atoms with Crippen molar-refractivity contribution in [2.45, 2.75) is 49.9 Å². The molecular weight excluding hydrogens is 851 g/mol. The summed E-state index contributed by atoms with van der Waals surface area (Å²) in [6.07, 6.45) is 7.91. The molecule has 0 N–H and O–H groups in total. The Morgan fingerprint density at radius 2 is 1.07 bits per heavy atom. The summed E-state index contributed by atoms with van der Waals surface area (Å²) in [4.78, 5) is 11.5. The first kappa shape index (κ1) is 39.6. The van der Waals surface area contributed by atoms with Gasteiger partial charge in [-0.1, -0.05) is 176 Å². The van der Waals surface area contributed by atoms with E-state index in [1.54, 1.807) is 0 Å². The molecule has 9 aromatic carbocycles. The van der Waals surface area contributed by atoms with Gasteiger partial charge in [0.05, 0.1) is 22.1 Å². The van der Waals surface area contributed by atoms with E-state index in [9.17, 15) is 0 Å². The summed E-state index contributed by atoms with van der Waals surface area (Å²) in [5.74, 6) is 0.958. The van der Waals surface area contributed by atoms with Crippen LogP contribution in [0.15, 0.2) is 221 Å². The monoisotopic (exact) mass is 897 g/mol. The summed E-state index contributed by atoms with van der Waals surface area (Å²) in [5, 5.41) is 4.60. The first-order valence-corrected chi connectivity index (χ1v) is 25.0. The molecule has 1 aliphatic heterocycles. The SMILES string of the molecule is C1=C(c2cccc3c2oc2ccccc23)/N=C(n2c3ccccc3c3ccccc32)\N=C(\CC2CCc3cc4c(cc3-c3ccccc32)C2(c3ccccc3-c3ccccc32)c2ccccc2-4)CCC/1. The molecule has 1 unspecified atom stereocenters. The van der Waals surface area contributed by atoms with E-state index in [0.717, 1.165) is 82.8 Å². The predicted octanol–water partition coefficient (Wildman–Crippen LogP) is 16.7. The lowest BCUT2D eigenvalue weighted by Crippen LogP contribution is -2.26. The molecule has 0 fully saturated rings. The Morgan fingerprint density at radius 3 is 1.80 bits per heavy atom. The minimum Gasteiger partial charge on any atom is -0.455 e. The van der Waals surface area contributed by atoms with Crippen LogP contribution in [0.25, 0.3) is 82.8 Å². The molecule has 4 aliphatic rings. The van der Waals surface area contributed by atoms with Crippen molar-refractivity contribution in [1.82, 2.24) is 4.57 Å². The smallest absolute Gasteiger partial charge is 0.235 e. The second-order valence-electron chi connectivity index (χ2n) is 19.7. The standard InChI is InChI=1S/C66H47N3O/c1-13-32-60(53-28-17-27-52-51-26-9-16-35-63(51)70-64(52)53)68-65(69-61-33-14-7-24-49(61)50-25-8-15-34-62(50)69)67-43(18-1)38-41-36-37-42-39-55-48-23-6-12-31-58(48)66(59(55)40-54(42)45-20-3-2-19-44(41)45)56-29-10-4-21-46(56)47-22-5-11-30-57(47)66/h2-12,14-17,19-35,39-41H,1,13,18,36-38H2/b60-32+,67-43+,68-65+. The van der Waals surface area contributed by atoms with Crippen molar-refractivity contribution in [3.63, 3.8) is 0 Å². The molecule has 1 spiro atoms. The number of aromatic nitrogens is 1. The van der Waals surface area contributed by atoms with Crippen LogP contribution in [0.1, 0.15) is 77.0 Å². The van der Waals surface area contributed by atoms with Gasteiger partial charge in [-0.05, 0) is 142 Å². The summed E-state index contributed by atoms with van der Waals surface area (Å²) in [6, 6.07) is 74.1. The number of hydrogen-bond acceptors (Lipinski definition) is 3. The van der Waals surface area contributed by atoms with Crippen LogP contribution in [0.2, 0.25) is 0 Å². The molecule has 70 heavy (non-hydrogen) atoms. The van der Waals surface area contributed by atoms with Gasteiger partial charge in [-0.2, -0.15) is 0 Å². The van der Waals surface area contributed by atoms with E-state index in [-0.39, 0.29) is 11.3 Å². The largest absolute Gasteiger partial charge is 0.455 e. The van der Waals surface area contributed by atoms with E-state index < -0.39 is 0 Å². The number of aliphatic imine (C=N–C) groups is 2. The number of hydrogen-bond donors (Lipinski definition) is 0. The highest BCUT2D eigenvalue weighted by molar-refractivity contribution is 6.16. The van der Waals surface area contributed by atoms with Crippen molar-refractivity contribution in [3.8, 4) is 33.4 Å². The second kappa shape index (κ2) is 15.3. The van der Waals surface area contributed by atoms with E-state index in [1.165, 1.54) is 83.2 Å². The van der Waals surface area contributed by atoms with Crippen LogP contribution in [-0.2, 0) is 11.8 Å². The summed E-state index contributed by atoms with van der Waals surface area (Å²) < 4.78 is 8.95. The zero-order valence-electron chi connectivity index (χ0n) is 38.7. The Morgan fingerprint density at radius 1 is 0.486 bits per heavy atom. The lowest BCUT2D eigenvalue weighted by molar-refractivity contribution is 0.647. The van der Waals surface area contributed by atoms with Gasteiger partial charge >= 0.3 is 0 Å². The quantitative estimate of drug-likeness (QED) is 0.174. The van der Waals surface area contributed by atoms with Crippen molar-refractivity contribution >= 4 is 61.1 Å². The van der Waals surface area contributed by atoms with Gasteiger partial charge in [0, 0.05) is 32.8 Å². The summed E-state index contributed by atoms with van der Waals surface area (Å²) in [7, 11) is 0. The molecule has 3 aliphatic carbocycles. The van der Waals surface area contributed by atoms with Gasteiger partial charge in [0.2, 0.25) is 5.96 Å². The maximum Gasteiger partial charge on any atom is 0.235 e. The molecule has 15 rings (SSSR count). The van der Waals surface area contributed by atoms with Crippen LogP contribution in [0.4, 0.5) is 0 Å². The molecular formula is C66H47N3O. The fraction of sp³-hybridized carbons (Fsp3) is 0.121. The van der Waals surface area contributed by atoms with Crippen LogP contribution >= 0.6 is 0 Å². The highest BCUT2D eigenvalue weighted by Crippen LogP contribution is 2.63. The highest BCUT2D eigenvalue weighted by Gasteiger charge is 2.52. The van der Waals surface area contributed by atoms with Gasteiger partial charge in [0.25, 0.3) is 0 Å². The molecule has 4 heteroatoms. The zero-order chi connectivity index (χ0) is 45.9. The highest BCUT2D eigenvalue weighted by atomic mass is 16.3. The molecule has 4 nitrogen and oxygen atoms in total. The van der Waals surface area contributed by atoms with Gasteiger partial charge in [-0.15, -0.1) is 0 Å². The number of nitrogens with zero attached hydrogens (tertiary/aromatic N) is 3. The number of benzene rings is 9. The third-order valence-corrected chi connectivity index (χ3v) is 16.1. The Hall–Kier alpha value is -8.34. The first-order valence-electron chi connectivity index (χ1n) is 25.0. The van der Waals surface area contributed by atoms with E-state index in [0.29, 0.717) is 5.96 Å². The van der Waals surface area contributed by atoms with Crippen LogP contribution in [0, 0.1) is 0 Å². The third kappa shape index (κ3) is 5.65. The molecule has 0 saturated heterocycles. The summed E-state index contributed by atoms with van der Waals surface area (Å²) in [5.41, 5.74) is 23.1. The Kier molecular flexibility index (Phi) is 8.68. The van der Waals surface area contributed by atoms with Gasteiger partial charge in [-0.3, -0.25) is 4.57 Å². The predicted molar refractivity (Wildman–Crippen MR) is 289 cm³/mol. The number of aryl methyl sites for hydroxylation is 1. The Labute approximate surface area is 406 Å². The van der Waals surface area contributed by atoms with E-state index in [4.69, 9.17) is 14.4 Å². The van der Waals surface area contributed by atoms with Crippen LogP contribution in [-0.4, -0.2) is 16.2 Å². The van der Waals surface area contributed by atoms with Crippen LogP contribution < -0.4 is 0 Å². The maximum absolute atomic E-state index is 6.65. The maximum atomic E-state index is 6.65. The number of fused-ring (bicyclic) bond motifs is 19. The average Bonchev–Trinajstić information content (AvgIpc) is 4.12. The Bertz CT molecular complexity index is 4000. The van der Waals surface area contributed by atoms with Crippen molar-refractivity contribution in [1.29, 1.82) is 0 Å². The van der Waals surface area contributed by atoms with Crippen LogP contribution in [0.5, 0.6) is 0 Å². The number of furan rings is 1. The van der Waals surface area contributed by atoms with Crippen LogP contribution in [0.3, 0.4) is 0 Å². The van der Waals surface area contributed by atoms with Crippen molar-refractivity contribution in [3.05, 3.63) is 245 Å². The molecule has 332 valence electrons. The minimum atomic E-state index is -0.383. The van der Waals surface area contributed by atoms with Crippen molar-refractivity contribution in [2.75, 3.05) is 0 Å². The first-order chi connectivity index (χ1) is 34.7. The van der Waals surface area contributed by atoms with Gasteiger partial charge < -0.3 is 4.42 Å². The summed E-state index contributed by atoms with van der Waals surface area (Å²) in [6.45, 7) is 0. The molecule has 3 heterocycles. The molecule has 2 aromatic heterocycles. The van der Waals surface area contributed by atoms with Gasteiger partial charge in [0.15, 0.2) is 0 Å². The average molecular weight is 898 g/mol. The minimum absolute atomic E-state index is 0.267. The van der Waals surface area contributed by atoms with E-state index in [2.05, 4.69) is 205 Å². The molecule has 0 amide bonds. The zero-order valence-corrected chi connectivity index (χ0v) is 38.7. The fourth-order valence-corrected chi connectivity index (χ4v) is 13.1. The lowest BCUT2D eigenvalue weighted by Gasteiger charge is -2.31. The Balaban J connectivity index is 0.885. The number of allylic oxidation sites excluding steroid dienone is 1. The second-order valence-corrected chi connectivity index (χ2v) is 19.7. The van der Waals surface area contributed by atoms with E-state index >= 15 is 0 Å². The molecule has 0 saturated carbocycles. The normalized spacial score (nSPS) is 18.8.